The Morgan fingerprint density at radius 2 is 0.741 bits per heavy atom. The summed E-state index contributed by atoms with van der Waals surface area (Å²) in [6.45, 7) is 1.96. The van der Waals surface area contributed by atoms with Crippen molar-refractivity contribution in [1.82, 2.24) is 50.2 Å². The number of nitrogens with zero attached hydrogens (tertiary/aromatic N) is 10. The van der Waals surface area contributed by atoms with E-state index in [0.29, 0.717) is 37.8 Å². The van der Waals surface area contributed by atoms with E-state index in [4.69, 9.17) is 25.4 Å². The minimum absolute atomic E-state index is 0.238. The Bertz CT molecular complexity index is 4020. The van der Waals surface area contributed by atoms with Gasteiger partial charge < -0.3 is 14.5 Å². The molecule has 0 spiro atoms. The van der Waals surface area contributed by atoms with Crippen LogP contribution in [0, 0.1) is 0 Å². The van der Waals surface area contributed by atoms with Crippen molar-refractivity contribution in [3.8, 4) is 45.0 Å². The summed E-state index contributed by atoms with van der Waals surface area (Å²) in [5.74, 6) is 1.04. The second-order valence-corrected chi connectivity index (χ2v) is 21.2. The van der Waals surface area contributed by atoms with Gasteiger partial charge in [-0.2, -0.15) is 0 Å². The number of tetrazole rings is 2. The lowest BCUT2D eigenvalue weighted by Crippen LogP contribution is -2.39. The summed E-state index contributed by atoms with van der Waals surface area (Å²) in [5.41, 5.74) is 13.7. The van der Waals surface area contributed by atoms with Crippen LogP contribution in [0.15, 0.2) is 291 Å². The molecular weight excluding hydrogens is 1050 g/mol. The molecule has 12 aromatic rings. The summed E-state index contributed by atoms with van der Waals surface area (Å²) in [5, 5.41) is 28.0. The highest BCUT2D eigenvalue weighted by molar-refractivity contribution is 5.82. The number of carbonyl (C=O) groups excluding carboxylic acids is 1. The van der Waals surface area contributed by atoms with Gasteiger partial charge in [-0.3, -0.25) is 4.79 Å². The van der Waals surface area contributed by atoms with Gasteiger partial charge in [0.15, 0.2) is 11.6 Å². The van der Waals surface area contributed by atoms with E-state index in [0.717, 1.165) is 83.6 Å². The van der Waals surface area contributed by atoms with Gasteiger partial charge in [-0.05, 0) is 94.0 Å². The van der Waals surface area contributed by atoms with Crippen LogP contribution in [0.1, 0.15) is 57.3 Å². The summed E-state index contributed by atoms with van der Waals surface area (Å²) in [6.07, 6.45) is 3.03. The monoisotopic (exact) mass is 1110 g/mol. The van der Waals surface area contributed by atoms with Crippen LogP contribution in [0.5, 0.6) is 0 Å². The Morgan fingerprint density at radius 1 is 0.412 bits per heavy atom. The molecule has 0 atom stereocenters. The van der Waals surface area contributed by atoms with Gasteiger partial charge in [0.25, 0.3) is 0 Å². The maximum absolute atomic E-state index is 12.6. The van der Waals surface area contributed by atoms with Gasteiger partial charge in [-0.1, -0.05) is 279 Å². The fraction of sp³-hybridized carbons (Fsp3) is 0.110. The molecule has 0 saturated carbocycles. The van der Waals surface area contributed by atoms with Crippen molar-refractivity contribution in [2.24, 2.45) is 0 Å². The SMILES string of the molecule is COC(=O)CCC1=CN(Cc2ccc(-c3ccccc3-c3nnnn3C(c3ccccc3)(c3ccccc3)c3ccccc3)cc2)CN1Cc1ccc(-c2ccccc2-c2nnnn2C(c2ccccc2)(c2ccccc2)c2ccccc2)cc1. The molecule has 0 bridgehead atoms. The number of rotatable bonds is 19. The van der Waals surface area contributed by atoms with Crippen LogP contribution in [0.2, 0.25) is 0 Å². The topological polar surface area (TPSA) is 120 Å². The number of benzene rings is 10. The van der Waals surface area contributed by atoms with Crippen molar-refractivity contribution < 1.29 is 9.53 Å². The number of carbonyl (C=O) groups is 1. The third-order valence-corrected chi connectivity index (χ3v) is 16.3. The quantitative estimate of drug-likeness (QED) is 0.0572. The van der Waals surface area contributed by atoms with Crippen LogP contribution in [-0.4, -0.2) is 70.0 Å². The Kier molecular flexibility index (Phi) is 15.0. The van der Waals surface area contributed by atoms with E-state index in [-0.39, 0.29) is 12.4 Å². The van der Waals surface area contributed by atoms with Crippen LogP contribution in [0.25, 0.3) is 45.0 Å². The first-order valence-corrected chi connectivity index (χ1v) is 28.6. The molecule has 12 nitrogen and oxygen atoms in total. The van der Waals surface area contributed by atoms with E-state index in [1.807, 2.05) is 57.9 Å². The zero-order chi connectivity index (χ0) is 57.4. The predicted octanol–water partition coefficient (Wildman–Crippen LogP) is 14.1. The van der Waals surface area contributed by atoms with E-state index in [9.17, 15) is 4.79 Å². The van der Waals surface area contributed by atoms with Crippen molar-refractivity contribution in [2.45, 2.75) is 37.0 Å². The van der Waals surface area contributed by atoms with Crippen molar-refractivity contribution >= 4 is 5.97 Å². The standard InChI is InChI=1S/C73H60N10O2/c1-85-69(84)49-48-64-52-80(50-54-40-44-56(45-41-54)65-36-20-22-38-67(65)70-74-76-78-82(70)72(58-24-8-2-9-25-58,59-26-10-3-11-27-59)60-28-12-4-13-29-60)53-81(64)51-55-42-46-57(47-43-55)66-37-21-23-39-68(66)71-75-77-79-83(71)73(61-30-14-5-15-31-61,62-32-16-6-17-33-62)63-34-18-7-19-35-63/h2-47,52H,48-51,53H2,1H3. The predicted molar refractivity (Wildman–Crippen MR) is 332 cm³/mol. The number of allylic oxidation sites excluding steroid dienone is 1. The second kappa shape index (κ2) is 23.9. The largest absolute Gasteiger partial charge is 0.469 e. The third kappa shape index (κ3) is 10.2. The number of methoxy groups -OCH3 is 1. The molecule has 3 heterocycles. The van der Waals surface area contributed by atoms with Gasteiger partial charge in [-0.25, -0.2) is 9.36 Å². The highest BCUT2D eigenvalue weighted by Crippen LogP contribution is 2.46. The van der Waals surface area contributed by atoms with Crippen LogP contribution >= 0.6 is 0 Å². The second-order valence-electron chi connectivity index (χ2n) is 21.2. The molecule has 85 heavy (non-hydrogen) atoms. The molecule has 0 unspecified atom stereocenters. The molecular formula is C73H60N10O2. The molecule has 10 aromatic carbocycles. The summed E-state index contributed by atoms with van der Waals surface area (Å²) in [6, 6.07) is 97.0. The molecule has 13 rings (SSSR count). The number of ether oxygens (including phenoxy) is 1. The highest BCUT2D eigenvalue weighted by atomic mass is 16.5. The average Bonchev–Trinajstić information content (AvgIpc) is 2.00. The first kappa shape index (κ1) is 53.5. The molecule has 0 aliphatic carbocycles. The molecule has 1 aliphatic heterocycles. The number of esters is 1. The number of hydrogen-bond donors (Lipinski definition) is 0. The molecule has 0 saturated heterocycles. The summed E-state index contributed by atoms with van der Waals surface area (Å²) in [4.78, 5) is 17.3. The van der Waals surface area contributed by atoms with E-state index < -0.39 is 11.1 Å². The summed E-state index contributed by atoms with van der Waals surface area (Å²) in [7, 11) is 1.44. The first-order valence-electron chi connectivity index (χ1n) is 28.6. The molecule has 0 radical (unpaired) electrons. The van der Waals surface area contributed by atoms with Gasteiger partial charge >= 0.3 is 5.97 Å². The Hall–Kier alpha value is -10.9. The van der Waals surface area contributed by atoms with Crippen molar-refractivity contribution in [3.63, 3.8) is 0 Å². The Morgan fingerprint density at radius 3 is 1.09 bits per heavy atom. The molecule has 2 aromatic heterocycles. The highest BCUT2D eigenvalue weighted by Gasteiger charge is 2.44. The van der Waals surface area contributed by atoms with Crippen LogP contribution in [-0.2, 0) is 33.7 Å². The Labute approximate surface area is 494 Å². The molecule has 0 N–H and O–H groups in total. The minimum Gasteiger partial charge on any atom is -0.469 e. The molecule has 1 aliphatic rings. The summed E-state index contributed by atoms with van der Waals surface area (Å²) >= 11 is 0. The van der Waals surface area contributed by atoms with E-state index in [1.165, 1.54) is 7.11 Å². The van der Waals surface area contributed by atoms with Crippen molar-refractivity contribution in [2.75, 3.05) is 13.8 Å². The third-order valence-electron chi connectivity index (χ3n) is 16.3. The molecule has 414 valence electrons. The normalized spacial score (nSPS) is 12.5. The van der Waals surface area contributed by atoms with E-state index in [2.05, 4.69) is 257 Å². The lowest BCUT2D eigenvalue weighted by atomic mass is 9.77. The zero-order valence-corrected chi connectivity index (χ0v) is 47.0. The van der Waals surface area contributed by atoms with Gasteiger partial charge in [0, 0.05) is 36.1 Å². The van der Waals surface area contributed by atoms with Gasteiger partial charge in [-0.15, -0.1) is 10.2 Å². The van der Waals surface area contributed by atoms with Crippen molar-refractivity contribution in [1.29, 1.82) is 0 Å². The fourth-order valence-corrected chi connectivity index (χ4v) is 12.3. The van der Waals surface area contributed by atoms with Crippen LogP contribution < -0.4 is 0 Å². The van der Waals surface area contributed by atoms with Gasteiger partial charge in [0.2, 0.25) is 0 Å². The Balaban J connectivity index is 0.767. The first-order chi connectivity index (χ1) is 42.0. The maximum Gasteiger partial charge on any atom is 0.305 e. The zero-order valence-electron chi connectivity index (χ0n) is 47.0. The van der Waals surface area contributed by atoms with E-state index >= 15 is 0 Å². The van der Waals surface area contributed by atoms with Crippen molar-refractivity contribution in [3.05, 3.63) is 335 Å². The fourth-order valence-electron chi connectivity index (χ4n) is 12.3. The summed E-state index contributed by atoms with van der Waals surface area (Å²) < 4.78 is 9.08. The smallest absolute Gasteiger partial charge is 0.305 e. The lowest BCUT2D eigenvalue weighted by molar-refractivity contribution is -0.140. The van der Waals surface area contributed by atoms with Gasteiger partial charge in [0.05, 0.1) is 20.2 Å². The van der Waals surface area contributed by atoms with Gasteiger partial charge in [0.1, 0.15) is 11.1 Å². The average molecular weight is 1110 g/mol. The number of aromatic nitrogens is 8. The minimum atomic E-state index is -0.898. The lowest BCUT2D eigenvalue weighted by Gasteiger charge is -2.36. The van der Waals surface area contributed by atoms with Crippen LogP contribution in [0.4, 0.5) is 0 Å². The molecule has 0 fully saturated rings. The molecule has 0 amide bonds. The molecule has 12 heteroatoms. The maximum atomic E-state index is 12.6. The van der Waals surface area contributed by atoms with E-state index in [1.54, 1.807) is 0 Å². The number of hydrogen-bond acceptors (Lipinski definition) is 10. The van der Waals surface area contributed by atoms with Crippen LogP contribution in [0.3, 0.4) is 0 Å².